The van der Waals surface area contributed by atoms with Gasteiger partial charge in [-0.1, -0.05) is 13.8 Å². The van der Waals surface area contributed by atoms with Crippen LogP contribution in [-0.2, 0) is 6.54 Å². The van der Waals surface area contributed by atoms with E-state index in [1.165, 1.54) is 12.1 Å². The SMILES string of the molecule is CCCNCc1cc(F)c(N2CC(C)CCC2C)c(F)c1. The molecule has 0 aromatic heterocycles. The lowest BCUT2D eigenvalue weighted by molar-refractivity contribution is 0.381. The smallest absolute Gasteiger partial charge is 0.149 e. The second-order valence-electron chi connectivity index (χ2n) is 6.27. The Labute approximate surface area is 126 Å². The average Bonchev–Trinajstić information content (AvgIpc) is 2.42. The summed E-state index contributed by atoms with van der Waals surface area (Å²) >= 11 is 0. The van der Waals surface area contributed by atoms with Crippen molar-refractivity contribution in [3.63, 3.8) is 0 Å². The third kappa shape index (κ3) is 3.94. The van der Waals surface area contributed by atoms with E-state index in [-0.39, 0.29) is 11.7 Å². The lowest BCUT2D eigenvalue weighted by Crippen LogP contribution is -2.42. The molecule has 0 bridgehead atoms. The third-order valence-corrected chi connectivity index (χ3v) is 4.24. The fourth-order valence-corrected chi connectivity index (χ4v) is 3.00. The van der Waals surface area contributed by atoms with Crippen LogP contribution in [0.25, 0.3) is 0 Å². The summed E-state index contributed by atoms with van der Waals surface area (Å²) < 4.78 is 28.8. The normalized spacial score (nSPS) is 22.6. The number of nitrogens with one attached hydrogen (secondary N) is 1. The highest BCUT2D eigenvalue weighted by atomic mass is 19.1. The molecular formula is C17H26F2N2. The molecule has 2 unspecified atom stereocenters. The van der Waals surface area contributed by atoms with Crippen molar-refractivity contribution in [3.05, 3.63) is 29.3 Å². The van der Waals surface area contributed by atoms with Gasteiger partial charge in [0.2, 0.25) is 0 Å². The summed E-state index contributed by atoms with van der Waals surface area (Å²) in [6, 6.07) is 3.12. The van der Waals surface area contributed by atoms with Crippen molar-refractivity contribution in [1.82, 2.24) is 5.32 Å². The molecule has 0 saturated carbocycles. The monoisotopic (exact) mass is 296 g/mol. The van der Waals surface area contributed by atoms with Crippen molar-refractivity contribution in [1.29, 1.82) is 0 Å². The fourth-order valence-electron chi connectivity index (χ4n) is 3.00. The number of piperidine rings is 1. The zero-order valence-corrected chi connectivity index (χ0v) is 13.3. The number of hydrogen-bond acceptors (Lipinski definition) is 2. The lowest BCUT2D eigenvalue weighted by Gasteiger charge is -2.38. The maximum absolute atomic E-state index is 14.4. The topological polar surface area (TPSA) is 15.3 Å². The van der Waals surface area contributed by atoms with E-state index in [1.54, 1.807) is 0 Å². The van der Waals surface area contributed by atoms with E-state index in [0.717, 1.165) is 32.4 Å². The van der Waals surface area contributed by atoms with E-state index in [2.05, 4.69) is 19.2 Å². The first-order valence-corrected chi connectivity index (χ1v) is 7.98. The Bertz CT molecular complexity index is 453. The van der Waals surface area contributed by atoms with E-state index >= 15 is 0 Å². The van der Waals surface area contributed by atoms with Crippen molar-refractivity contribution < 1.29 is 8.78 Å². The maximum Gasteiger partial charge on any atom is 0.149 e. The molecule has 1 aromatic rings. The van der Waals surface area contributed by atoms with Crippen LogP contribution in [0.5, 0.6) is 0 Å². The van der Waals surface area contributed by atoms with Crippen LogP contribution in [0.15, 0.2) is 12.1 Å². The van der Waals surface area contributed by atoms with Crippen molar-refractivity contribution in [2.75, 3.05) is 18.0 Å². The molecule has 0 amide bonds. The zero-order chi connectivity index (χ0) is 15.4. The van der Waals surface area contributed by atoms with Crippen LogP contribution in [0, 0.1) is 17.6 Å². The molecule has 1 N–H and O–H groups in total. The molecule has 0 spiro atoms. The molecule has 0 aliphatic carbocycles. The minimum absolute atomic E-state index is 0.147. The molecule has 2 rings (SSSR count). The van der Waals surface area contributed by atoms with Crippen LogP contribution in [0.4, 0.5) is 14.5 Å². The molecule has 1 aliphatic heterocycles. The Balaban J connectivity index is 2.20. The van der Waals surface area contributed by atoms with Crippen LogP contribution < -0.4 is 10.2 Å². The van der Waals surface area contributed by atoms with E-state index in [0.29, 0.717) is 18.0 Å². The van der Waals surface area contributed by atoms with Gasteiger partial charge in [-0.25, -0.2) is 8.78 Å². The Morgan fingerprint density at radius 2 is 1.86 bits per heavy atom. The first kappa shape index (κ1) is 16.2. The summed E-state index contributed by atoms with van der Waals surface area (Å²) in [6.07, 6.45) is 3.12. The van der Waals surface area contributed by atoms with Gasteiger partial charge in [0.25, 0.3) is 0 Å². The van der Waals surface area contributed by atoms with Crippen molar-refractivity contribution >= 4 is 5.69 Å². The summed E-state index contributed by atoms with van der Waals surface area (Å²) in [5.74, 6) is -0.403. The van der Waals surface area contributed by atoms with Crippen LogP contribution in [0.1, 0.15) is 45.6 Å². The summed E-state index contributed by atoms with van der Waals surface area (Å²) in [6.45, 7) is 8.33. The molecule has 2 atom stereocenters. The van der Waals surface area contributed by atoms with Crippen LogP contribution in [-0.4, -0.2) is 19.1 Å². The minimum Gasteiger partial charge on any atom is -0.364 e. The Morgan fingerprint density at radius 3 is 2.48 bits per heavy atom. The highest BCUT2D eigenvalue weighted by molar-refractivity contribution is 5.52. The number of halogens is 2. The summed E-state index contributed by atoms with van der Waals surface area (Å²) in [7, 11) is 0. The Kier molecular flexibility index (Phi) is 5.57. The Hall–Kier alpha value is -1.16. The number of anilines is 1. The van der Waals surface area contributed by atoms with Gasteiger partial charge in [-0.15, -0.1) is 0 Å². The van der Waals surface area contributed by atoms with Crippen LogP contribution >= 0.6 is 0 Å². The van der Waals surface area contributed by atoms with Gasteiger partial charge in [-0.2, -0.15) is 0 Å². The average molecular weight is 296 g/mol. The zero-order valence-electron chi connectivity index (χ0n) is 13.3. The molecule has 1 aromatic carbocycles. The van der Waals surface area contributed by atoms with Gasteiger partial charge in [0.1, 0.15) is 17.3 Å². The standard InChI is InChI=1S/C17H26F2N2/c1-4-7-20-10-14-8-15(18)17(16(19)9-14)21-11-12(2)5-6-13(21)3/h8-9,12-13,20H,4-7,10-11H2,1-3H3. The Morgan fingerprint density at radius 1 is 1.19 bits per heavy atom. The largest absolute Gasteiger partial charge is 0.364 e. The first-order chi connectivity index (χ1) is 10.0. The van der Waals surface area contributed by atoms with Crippen LogP contribution in [0.2, 0.25) is 0 Å². The molecule has 118 valence electrons. The van der Waals surface area contributed by atoms with Gasteiger partial charge in [0.05, 0.1) is 0 Å². The molecule has 0 radical (unpaired) electrons. The number of hydrogen-bond donors (Lipinski definition) is 1. The molecule has 21 heavy (non-hydrogen) atoms. The molecular weight excluding hydrogens is 270 g/mol. The van der Waals surface area contributed by atoms with Crippen LogP contribution in [0.3, 0.4) is 0 Å². The van der Waals surface area contributed by atoms with Gasteiger partial charge in [-0.05, 0) is 56.3 Å². The summed E-state index contributed by atoms with van der Waals surface area (Å²) in [5.41, 5.74) is 0.813. The van der Waals surface area contributed by atoms with E-state index < -0.39 is 11.6 Å². The van der Waals surface area contributed by atoms with Crippen molar-refractivity contribution in [2.24, 2.45) is 5.92 Å². The van der Waals surface area contributed by atoms with Crippen molar-refractivity contribution in [2.45, 2.75) is 52.6 Å². The van der Waals surface area contributed by atoms with Gasteiger partial charge in [0.15, 0.2) is 0 Å². The lowest BCUT2D eigenvalue weighted by atomic mass is 9.94. The number of rotatable bonds is 5. The number of nitrogens with zero attached hydrogens (tertiary/aromatic N) is 1. The summed E-state index contributed by atoms with van der Waals surface area (Å²) in [5, 5.41) is 3.17. The van der Waals surface area contributed by atoms with Crippen molar-refractivity contribution in [3.8, 4) is 0 Å². The molecule has 2 nitrogen and oxygen atoms in total. The number of benzene rings is 1. The van der Waals surface area contributed by atoms with Gasteiger partial charge in [-0.3, -0.25) is 0 Å². The van der Waals surface area contributed by atoms with E-state index in [4.69, 9.17) is 0 Å². The fraction of sp³-hybridized carbons (Fsp3) is 0.647. The molecule has 4 heteroatoms. The summed E-state index contributed by atoms with van der Waals surface area (Å²) in [4.78, 5) is 1.89. The molecule has 1 heterocycles. The van der Waals surface area contributed by atoms with E-state index in [9.17, 15) is 8.78 Å². The van der Waals surface area contributed by atoms with Gasteiger partial charge >= 0.3 is 0 Å². The van der Waals surface area contributed by atoms with E-state index in [1.807, 2.05) is 11.8 Å². The maximum atomic E-state index is 14.4. The first-order valence-electron chi connectivity index (χ1n) is 7.98. The second kappa shape index (κ2) is 7.21. The van der Waals surface area contributed by atoms with Gasteiger partial charge < -0.3 is 10.2 Å². The highest BCUT2D eigenvalue weighted by Gasteiger charge is 2.27. The predicted octanol–water partition coefficient (Wildman–Crippen LogP) is 4.09. The predicted molar refractivity (Wildman–Crippen MR) is 83.6 cm³/mol. The molecule has 1 aliphatic rings. The minimum atomic E-state index is -0.441. The third-order valence-electron chi connectivity index (χ3n) is 4.24. The quantitative estimate of drug-likeness (QED) is 0.823. The highest BCUT2D eigenvalue weighted by Crippen LogP contribution is 2.32. The van der Waals surface area contributed by atoms with Gasteiger partial charge in [0, 0.05) is 19.1 Å². The molecule has 1 fully saturated rings. The second-order valence-corrected chi connectivity index (χ2v) is 6.27. The molecule has 1 saturated heterocycles.